The first-order valence-corrected chi connectivity index (χ1v) is 8.66. The van der Waals surface area contributed by atoms with E-state index in [1.807, 2.05) is 7.05 Å². The first-order valence-electron chi connectivity index (χ1n) is 8.66. The number of hydrogen-bond acceptors (Lipinski definition) is 2. The van der Waals surface area contributed by atoms with E-state index in [-0.39, 0.29) is 11.7 Å². The zero-order valence-corrected chi connectivity index (χ0v) is 15.4. The molecular formula is C21H27N2O2+. The van der Waals surface area contributed by atoms with E-state index < -0.39 is 0 Å². The topological polar surface area (TPSA) is 50.6 Å². The van der Waals surface area contributed by atoms with Crippen molar-refractivity contribution in [3.05, 3.63) is 65.2 Å². The van der Waals surface area contributed by atoms with E-state index in [1.165, 1.54) is 18.1 Å². The van der Waals surface area contributed by atoms with E-state index in [2.05, 4.69) is 43.4 Å². The molecule has 2 N–H and O–H groups in total. The molecule has 0 saturated heterocycles. The molecule has 132 valence electrons. The maximum Gasteiger partial charge on any atom is 0.279 e. The molecule has 0 saturated carbocycles. The Morgan fingerprint density at radius 2 is 1.76 bits per heavy atom. The predicted octanol–water partition coefficient (Wildman–Crippen LogP) is 2.67. The van der Waals surface area contributed by atoms with Crippen LogP contribution in [0.5, 0.6) is 0 Å². The second-order valence-electron chi connectivity index (χ2n) is 6.89. The zero-order valence-electron chi connectivity index (χ0n) is 15.4. The minimum absolute atomic E-state index is 0.0105. The van der Waals surface area contributed by atoms with Crippen molar-refractivity contribution in [1.29, 1.82) is 0 Å². The molecule has 25 heavy (non-hydrogen) atoms. The molecule has 0 heterocycles. The lowest BCUT2D eigenvalue weighted by Crippen LogP contribution is -3.08. The highest BCUT2D eigenvalue weighted by Crippen LogP contribution is 2.14. The Morgan fingerprint density at radius 3 is 2.36 bits per heavy atom. The average Bonchev–Trinajstić information content (AvgIpc) is 2.55. The lowest BCUT2D eigenvalue weighted by molar-refractivity contribution is -0.885. The molecule has 0 aliphatic rings. The van der Waals surface area contributed by atoms with Crippen LogP contribution in [0.15, 0.2) is 48.5 Å². The summed E-state index contributed by atoms with van der Waals surface area (Å²) in [6.07, 6.45) is 0. The third kappa shape index (κ3) is 5.84. The van der Waals surface area contributed by atoms with Gasteiger partial charge in [0.2, 0.25) is 0 Å². The summed E-state index contributed by atoms with van der Waals surface area (Å²) in [4.78, 5) is 24.7. The summed E-state index contributed by atoms with van der Waals surface area (Å²) in [5.41, 5.74) is 3.80. The van der Waals surface area contributed by atoms with E-state index in [9.17, 15) is 9.59 Å². The van der Waals surface area contributed by atoms with Gasteiger partial charge in [0.1, 0.15) is 6.54 Å². The van der Waals surface area contributed by atoms with Gasteiger partial charge in [-0.05, 0) is 30.5 Å². The minimum atomic E-state index is -0.0583. The maximum absolute atomic E-state index is 12.2. The third-order valence-corrected chi connectivity index (χ3v) is 4.17. The van der Waals surface area contributed by atoms with Gasteiger partial charge in [-0.2, -0.15) is 0 Å². The lowest BCUT2D eigenvalue weighted by Gasteiger charge is -2.15. The molecule has 0 spiro atoms. The molecule has 4 nitrogen and oxygen atoms in total. The van der Waals surface area contributed by atoms with E-state index in [4.69, 9.17) is 0 Å². The predicted molar refractivity (Wildman–Crippen MR) is 101 cm³/mol. The fourth-order valence-electron chi connectivity index (χ4n) is 2.73. The number of Topliss-reactive ketones (excluding diaryl/α,β-unsaturated/α-hetero) is 1. The van der Waals surface area contributed by atoms with Crippen molar-refractivity contribution in [1.82, 2.24) is 0 Å². The molecule has 0 radical (unpaired) electrons. The fraction of sp³-hybridized carbons (Fsp3) is 0.333. The van der Waals surface area contributed by atoms with Gasteiger partial charge in [-0.1, -0.05) is 50.2 Å². The molecule has 0 aliphatic heterocycles. The molecule has 2 aromatic rings. The van der Waals surface area contributed by atoms with E-state index in [0.717, 1.165) is 11.4 Å². The lowest BCUT2D eigenvalue weighted by atomic mass is 10.0. The van der Waals surface area contributed by atoms with Crippen molar-refractivity contribution < 1.29 is 14.5 Å². The van der Waals surface area contributed by atoms with Crippen molar-refractivity contribution in [3.63, 3.8) is 0 Å². The van der Waals surface area contributed by atoms with Crippen LogP contribution < -0.4 is 10.2 Å². The van der Waals surface area contributed by atoms with Crippen LogP contribution in [-0.2, 0) is 11.3 Å². The summed E-state index contributed by atoms with van der Waals surface area (Å²) in [5.74, 6) is 0.455. The Labute approximate surface area is 149 Å². The van der Waals surface area contributed by atoms with Gasteiger partial charge in [0.15, 0.2) is 12.3 Å². The number of hydrogen-bond donors (Lipinski definition) is 2. The number of ketones is 1. The molecule has 4 heteroatoms. The molecule has 1 atom stereocenters. The first kappa shape index (κ1) is 18.9. The van der Waals surface area contributed by atoms with Crippen molar-refractivity contribution in [3.8, 4) is 0 Å². The molecule has 0 fully saturated rings. The molecule has 0 aromatic heterocycles. The van der Waals surface area contributed by atoms with Gasteiger partial charge in [0.05, 0.1) is 7.05 Å². The van der Waals surface area contributed by atoms with Crippen molar-refractivity contribution in [2.24, 2.45) is 0 Å². The highest BCUT2D eigenvalue weighted by Gasteiger charge is 2.12. The van der Waals surface area contributed by atoms with Gasteiger partial charge in [0.25, 0.3) is 5.91 Å². The summed E-state index contributed by atoms with van der Waals surface area (Å²) in [6.45, 7) is 7.04. The van der Waals surface area contributed by atoms with E-state index in [1.54, 1.807) is 24.3 Å². The number of carbonyl (C=O) groups is 2. The average molecular weight is 339 g/mol. The van der Waals surface area contributed by atoms with Crippen LogP contribution in [0.2, 0.25) is 0 Å². The van der Waals surface area contributed by atoms with Crippen LogP contribution in [-0.4, -0.2) is 25.3 Å². The smallest absolute Gasteiger partial charge is 0.279 e. The number of rotatable bonds is 7. The summed E-state index contributed by atoms with van der Waals surface area (Å²) >= 11 is 0. The third-order valence-electron chi connectivity index (χ3n) is 4.17. The number of anilines is 1. The monoisotopic (exact) mass is 339 g/mol. The number of carbonyl (C=O) groups excluding carboxylic acids is 2. The van der Waals surface area contributed by atoms with Crippen LogP contribution in [0.1, 0.15) is 48.2 Å². The number of amides is 1. The summed E-state index contributed by atoms with van der Waals surface area (Å²) < 4.78 is 0. The van der Waals surface area contributed by atoms with Gasteiger partial charge in [-0.15, -0.1) is 0 Å². The Hall–Kier alpha value is -2.46. The van der Waals surface area contributed by atoms with E-state index >= 15 is 0 Å². The van der Waals surface area contributed by atoms with Gasteiger partial charge in [-0.25, -0.2) is 0 Å². The van der Waals surface area contributed by atoms with Gasteiger partial charge in [-0.3, -0.25) is 9.59 Å². The summed E-state index contributed by atoms with van der Waals surface area (Å²) in [6, 6.07) is 15.6. The van der Waals surface area contributed by atoms with Crippen molar-refractivity contribution >= 4 is 17.4 Å². The molecule has 2 aromatic carbocycles. The molecular weight excluding hydrogens is 312 g/mol. The highest BCUT2D eigenvalue weighted by molar-refractivity contribution is 5.97. The largest absolute Gasteiger partial charge is 0.326 e. The summed E-state index contributed by atoms with van der Waals surface area (Å²) in [7, 11) is 2.00. The minimum Gasteiger partial charge on any atom is -0.326 e. The highest BCUT2D eigenvalue weighted by atomic mass is 16.2. The van der Waals surface area contributed by atoms with Crippen molar-refractivity contribution in [2.75, 3.05) is 18.9 Å². The van der Waals surface area contributed by atoms with Gasteiger partial charge >= 0.3 is 0 Å². The second kappa shape index (κ2) is 8.58. The van der Waals surface area contributed by atoms with Crippen LogP contribution in [0.3, 0.4) is 0 Å². The molecule has 1 amide bonds. The quantitative estimate of drug-likeness (QED) is 0.762. The molecule has 0 bridgehead atoms. The van der Waals surface area contributed by atoms with Crippen molar-refractivity contribution in [2.45, 2.75) is 33.2 Å². The zero-order chi connectivity index (χ0) is 18.4. The first-order chi connectivity index (χ1) is 11.8. The van der Waals surface area contributed by atoms with Crippen LogP contribution in [0.4, 0.5) is 5.69 Å². The Balaban J connectivity index is 1.89. The number of benzene rings is 2. The van der Waals surface area contributed by atoms with Crippen LogP contribution in [0.25, 0.3) is 0 Å². The Bertz CT molecular complexity index is 736. The normalized spacial score (nSPS) is 12.0. The molecule has 1 unspecified atom stereocenters. The number of quaternary nitrogens is 1. The maximum atomic E-state index is 12.2. The SMILES string of the molecule is CC(=O)c1cccc(NC(=O)C[NH+](C)Cc2ccc(C(C)C)cc2)c1. The Morgan fingerprint density at radius 1 is 1.08 bits per heavy atom. The van der Waals surface area contributed by atoms with E-state index in [0.29, 0.717) is 23.7 Å². The molecule has 2 rings (SSSR count). The molecule has 0 aliphatic carbocycles. The number of likely N-dealkylation sites (N-methyl/N-ethyl adjacent to an activating group) is 1. The fourth-order valence-corrected chi connectivity index (χ4v) is 2.73. The van der Waals surface area contributed by atoms with Gasteiger partial charge in [0, 0.05) is 16.8 Å². The van der Waals surface area contributed by atoms with Crippen LogP contribution in [0, 0.1) is 0 Å². The van der Waals surface area contributed by atoms with Crippen LogP contribution >= 0.6 is 0 Å². The second-order valence-corrected chi connectivity index (χ2v) is 6.89. The Kier molecular flexibility index (Phi) is 6.48. The number of nitrogens with one attached hydrogen (secondary N) is 2. The van der Waals surface area contributed by atoms with Gasteiger partial charge < -0.3 is 10.2 Å². The standard InChI is InChI=1S/C21H26N2O2/c1-15(2)18-10-8-17(9-11-18)13-23(4)14-21(25)22-20-7-5-6-19(12-20)16(3)24/h5-12,15H,13-14H2,1-4H3,(H,22,25)/p+1. The summed E-state index contributed by atoms with van der Waals surface area (Å²) in [5, 5.41) is 2.87.